The number of carbonyl (C=O) groups is 1. The molecule has 0 saturated carbocycles. The molecule has 5 nitrogen and oxygen atoms in total. The second-order valence-electron chi connectivity index (χ2n) is 4.96. The van der Waals surface area contributed by atoms with Gasteiger partial charge in [-0.15, -0.1) is 0 Å². The van der Waals surface area contributed by atoms with Crippen LogP contribution in [0.25, 0.3) is 0 Å². The Balaban J connectivity index is 2.08. The third kappa shape index (κ3) is 4.61. The molecule has 24 heavy (non-hydrogen) atoms. The molecule has 0 bridgehead atoms. The van der Waals surface area contributed by atoms with Gasteiger partial charge in [0.1, 0.15) is 17.4 Å². The summed E-state index contributed by atoms with van der Waals surface area (Å²) >= 11 is 3.39. The zero-order valence-corrected chi connectivity index (χ0v) is 14.8. The van der Waals surface area contributed by atoms with Gasteiger partial charge < -0.3 is 15.4 Å². The largest absolute Gasteiger partial charge is 0.497 e. The number of amides is 1. The van der Waals surface area contributed by atoms with Crippen molar-refractivity contribution in [1.82, 2.24) is 0 Å². The topological polar surface area (TPSA) is 74.1 Å². The monoisotopic (exact) mass is 385 g/mol. The number of nitrogens with zero attached hydrogens (tertiary/aromatic N) is 1. The lowest BCUT2D eigenvalue weighted by atomic mass is 10.2. The van der Waals surface area contributed by atoms with Crippen LogP contribution in [0.4, 0.5) is 11.4 Å². The number of methoxy groups -OCH3 is 1. The Morgan fingerprint density at radius 1 is 1.25 bits per heavy atom. The fourth-order valence-electron chi connectivity index (χ4n) is 1.96. The molecule has 2 rings (SSSR count). The summed E-state index contributed by atoms with van der Waals surface area (Å²) in [6.45, 7) is 1.93. The number of rotatable bonds is 5. The third-order valence-corrected chi connectivity index (χ3v) is 3.77. The standard InChI is InChI=1S/C18H16BrN3O2/c1-12-9-14(19)3-8-17(12)21-11-13(10-20)18(23)22-15-4-6-16(24-2)7-5-15/h3-9,11,21H,1-2H3,(H,22,23)/b13-11-. The number of nitriles is 1. The SMILES string of the molecule is COc1ccc(NC(=O)/C(C#N)=C\Nc2ccc(Br)cc2C)cc1. The molecule has 1 amide bonds. The molecule has 0 heterocycles. The Kier molecular flexibility index (Phi) is 5.99. The van der Waals surface area contributed by atoms with E-state index < -0.39 is 5.91 Å². The van der Waals surface area contributed by atoms with Gasteiger partial charge in [0.25, 0.3) is 5.91 Å². The molecule has 0 radical (unpaired) electrons. The van der Waals surface area contributed by atoms with E-state index in [9.17, 15) is 10.1 Å². The molecular weight excluding hydrogens is 370 g/mol. The van der Waals surface area contributed by atoms with E-state index >= 15 is 0 Å². The van der Waals surface area contributed by atoms with Crippen molar-refractivity contribution in [3.05, 3.63) is 64.3 Å². The van der Waals surface area contributed by atoms with E-state index in [2.05, 4.69) is 26.6 Å². The summed E-state index contributed by atoms with van der Waals surface area (Å²) in [6, 6.07) is 14.5. The first-order chi connectivity index (χ1) is 11.5. The molecule has 0 unspecified atom stereocenters. The van der Waals surface area contributed by atoms with Crippen molar-refractivity contribution in [2.75, 3.05) is 17.7 Å². The van der Waals surface area contributed by atoms with Gasteiger partial charge in [0, 0.05) is 22.0 Å². The van der Waals surface area contributed by atoms with Crippen LogP contribution in [0.15, 0.2) is 58.7 Å². The molecule has 122 valence electrons. The fourth-order valence-corrected chi connectivity index (χ4v) is 2.44. The first-order valence-electron chi connectivity index (χ1n) is 7.12. The molecule has 0 fully saturated rings. The first kappa shape index (κ1) is 17.6. The first-order valence-corrected chi connectivity index (χ1v) is 7.91. The van der Waals surface area contributed by atoms with E-state index in [0.717, 1.165) is 15.7 Å². The number of aryl methyl sites for hydroxylation is 1. The molecule has 2 aromatic rings. The molecule has 0 aliphatic rings. The number of ether oxygens (including phenoxy) is 1. The van der Waals surface area contributed by atoms with E-state index in [-0.39, 0.29) is 5.57 Å². The molecule has 2 N–H and O–H groups in total. The van der Waals surface area contributed by atoms with Gasteiger partial charge in [-0.2, -0.15) is 5.26 Å². The van der Waals surface area contributed by atoms with Crippen LogP contribution in [0.5, 0.6) is 5.75 Å². The van der Waals surface area contributed by atoms with Crippen molar-refractivity contribution in [3.8, 4) is 11.8 Å². The summed E-state index contributed by atoms with van der Waals surface area (Å²) in [6.07, 6.45) is 1.40. The highest BCUT2D eigenvalue weighted by molar-refractivity contribution is 9.10. The number of carbonyl (C=O) groups excluding carboxylic acids is 1. The Morgan fingerprint density at radius 3 is 2.54 bits per heavy atom. The minimum absolute atomic E-state index is 0.0202. The van der Waals surface area contributed by atoms with Crippen LogP contribution in [0.3, 0.4) is 0 Å². The van der Waals surface area contributed by atoms with Crippen LogP contribution in [0.2, 0.25) is 0 Å². The zero-order chi connectivity index (χ0) is 17.5. The molecule has 0 aliphatic heterocycles. The second-order valence-corrected chi connectivity index (χ2v) is 5.87. The summed E-state index contributed by atoms with van der Waals surface area (Å²) in [4.78, 5) is 12.2. The minimum atomic E-state index is -0.482. The third-order valence-electron chi connectivity index (χ3n) is 3.27. The maximum atomic E-state index is 12.2. The van der Waals surface area contributed by atoms with E-state index in [1.807, 2.05) is 31.2 Å². The van der Waals surface area contributed by atoms with E-state index in [0.29, 0.717) is 11.4 Å². The van der Waals surface area contributed by atoms with E-state index in [1.165, 1.54) is 6.20 Å². The van der Waals surface area contributed by atoms with Gasteiger partial charge in [-0.3, -0.25) is 4.79 Å². The smallest absolute Gasteiger partial charge is 0.267 e. The quantitative estimate of drug-likeness (QED) is 0.596. The molecule has 0 saturated heterocycles. The highest BCUT2D eigenvalue weighted by Gasteiger charge is 2.09. The summed E-state index contributed by atoms with van der Waals surface area (Å²) in [7, 11) is 1.57. The summed E-state index contributed by atoms with van der Waals surface area (Å²) < 4.78 is 6.03. The zero-order valence-electron chi connectivity index (χ0n) is 13.3. The number of hydrogen-bond donors (Lipinski definition) is 2. The number of halogens is 1. The molecule has 0 spiro atoms. The van der Waals surface area contributed by atoms with Gasteiger partial charge in [-0.05, 0) is 55.0 Å². The lowest BCUT2D eigenvalue weighted by Crippen LogP contribution is -2.14. The van der Waals surface area contributed by atoms with Crippen LogP contribution < -0.4 is 15.4 Å². The van der Waals surface area contributed by atoms with Crippen molar-refractivity contribution in [1.29, 1.82) is 5.26 Å². The van der Waals surface area contributed by atoms with Gasteiger partial charge >= 0.3 is 0 Å². The summed E-state index contributed by atoms with van der Waals surface area (Å²) in [5, 5.41) is 14.9. The van der Waals surface area contributed by atoms with Crippen molar-refractivity contribution < 1.29 is 9.53 Å². The average Bonchev–Trinajstić information content (AvgIpc) is 2.57. The minimum Gasteiger partial charge on any atom is -0.497 e. The molecule has 6 heteroatoms. The van der Waals surface area contributed by atoms with Crippen molar-refractivity contribution in [2.45, 2.75) is 6.92 Å². The maximum Gasteiger partial charge on any atom is 0.267 e. The van der Waals surface area contributed by atoms with Crippen molar-refractivity contribution in [2.24, 2.45) is 0 Å². The van der Waals surface area contributed by atoms with Crippen LogP contribution in [0.1, 0.15) is 5.56 Å². The van der Waals surface area contributed by atoms with Crippen LogP contribution in [-0.4, -0.2) is 13.0 Å². The highest BCUT2D eigenvalue weighted by Crippen LogP contribution is 2.20. The fraction of sp³-hybridized carbons (Fsp3) is 0.111. The van der Waals surface area contributed by atoms with Gasteiger partial charge in [0.05, 0.1) is 7.11 Å². The van der Waals surface area contributed by atoms with E-state index in [4.69, 9.17) is 4.74 Å². The maximum absolute atomic E-state index is 12.2. The predicted molar refractivity (Wildman–Crippen MR) is 97.8 cm³/mol. The van der Waals surface area contributed by atoms with Gasteiger partial charge in [-0.1, -0.05) is 15.9 Å². The lowest BCUT2D eigenvalue weighted by molar-refractivity contribution is -0.112. The Labute approximate surface area is 149 Å². The molecule has 0 atom stereocenters. The van der Waals surface area contributed by atoms with Crippen LogP contribution in [-0.2, 0) is 4.79 Å². The van der Waals surface area contributed by atoms with Crippen molar-refractivity contribution in [3.63, 3.8) is 0 Å². The molecule has 0 aliphatic carbocycles. The van der Waals surface area contributed by atoms with Gasteiger partial charge in [0.2, 0.25) is 0 Å². The number of benzene rings is 2. The highest BCUT2D eigenvalue weighted by atomic mass is 79.9. The number of nitrogens with one attached hydrogen (secondary N) is 2. The van der Waals surface area contributed by atoms with Crippen molar-refractivity contribution >= 4 is 33.2 Å². The van der Waals surface area contributed by atoms with E-state index in [1.54, 1.807) is 31.4 Å². The number of anilines is 2. The Bertz CT molecular complexity index is 808. The van der Waals surface area contributed by atoms with Crippen LogP contribution in [0, 0.1) is 18.3 Å². The Morgan fingerprint density at radius 2 is 1.96 bits per heavy atom. The van der Waals surface area contributed by atoms with Gasteiger partial charge in [-0.25, -0.2) is 0 Å². The van der Waals surface area contributed by atoms with Gasteiger partial charge in [0.15, 0.2) is 0 Å². The summed E-state index contributed by atoms with van der Waals surface area (Å²) in [5.74, 6) is 0.210. The lowest BCUT2D eigenvalue weighted by Gasteiger charge is -2.08. The Hall–Kier alpha value is -2.78. The predicted octanol–water partition coefficient (Wildman–Crippen LogP) is 4.22. The molecule has 2 aromatic carbocycles. The summed E-state index contributed by atoms with van der Waals surface area (Å²) in [5.41, 5.74) is 2.38. The van der Waals surface area contributed by atoms with Crippen LogP contribution >= 0.6 is 15.9 Å². The molecular formula is C18H16BrN3O2. The average molecular weight is 386 g/mol. The molecule has 0 aromatic heterocycles. The second kappa shape index (κ2) is 8.18. The number of hydrogen-bond acceptors (Lipinski definition) is 4. The normalized spacial score (nSPS) is 10.7.